The Bertz CT molecular complexity index is 1110. The lowest BCUT2D eigenvalue weighted by Gasteiger charge is -2.18. The van der Waals surface area contributed by atoms with Crippen LogP contribution in [0.25, 0.3) is 11.5 Å². The number of carbonyl (C=O) groups is 1. The molecule has 0 N–H and O–H groups in total. The van der Waals surface area contributed by atoms with E-state index < -0.39 is 5.82 Å². The minimum absolute atomic E-state index is 0.127. The van der Waals surface area contributed by atoms with Gasteiger partial charge < -0.3 is 4.90 Å². The maximum absolute atomic E-state index is 13.0. The van der Waals surface area contributed by atoms with Gasteiger partial charge in [-0.05, 0) is 30.3 Å². The summed E-state index contributed by atoms with van der Waals surface area (Å²) in [5.41, 5.74) is 1.95. The smallest absolute Gasteiger partial charge is 0.255 e. The van der Waals surface area contributed by atoms with Crippen LogP contribution < -0.4 is 0 Å². The third-order valence-electron chi connectivity index (χ3n) is 4.41. The lowest BCUT2D eigenvalue weighted by atomic mass is 10.1. The number of nitrogens with zero attached hydrogens (tertiary/aromatic N) is 7. The van der Waals surface area contributed by atoms with Gasteiger partial charge in [0, 0.05) is 26.2 Å². The van der Waals surface area contributed by atoms with E-state index in [9.17, 15) is 9.18 Å². The van der Waals surface area contributed by atoms with Crippen molar-refractivity contribution in [3.63, 3.8) is 0 Å². The van der Waals surface area contributed by atoms with Crippen LogP contribution in [0.1, 0.15) is 16.1 Å². The first-order valence-corrected chi connectivity index (χ1v) is 8.99. The number of hydrogen-bond donors (Lipinski definition) is 0. The Balaban J connectivity index is 1.44. The van der Waals surface area contributed by atoms with E-state index in [0.29, 0.717) is 30.0 Å². The Hall–Kier alpha value is -3.88. The highest BCUT2D eigenvalue weighted by Crippen LogP contribution is 2.15. The van der Waals surface area contributed by atoms with E-state index in [1.165, 1.54) is 10.9 Å². The van der Waals surface area contributed by atoms with E-state index in [4.69, 9.17) is 0 Å². The fourth-order valence-corrected chi connectivity index (χ4v) is 2.88. The summed E-state index contributed by atoms with van der Waals surface area (Å²) in [6.45, 7) is 0.480. The Morgan fingerprint density at radius 2 is 1.90 bits per heavy atom. The van der Waals surface area contributed by atoms with Gasteiger partial charge in [0.25, 0.3) is 5.91 Å². The standard InChI is InChI=1S/C20H18FN7O/c1-26(20(29)17-4-2-3-5-18(17)28-23-10-11-24-28)12-8-16-9-13-27(25-16)19-7-6-15(21)14-22-19/h2-7,9-11,13-14H,8,12H2,1H3. The normalized spacial score (nSPS) is 10.8. The monoisotopic (exact) mass is 391 g/mol. The molecule has 0 spiro atoms. The van der Waals surface area contributed by atoms with Gasteiger partial charge in [0.15, 0.2) is 5.82 Å². The van der Waals surface area contributed by atoms with Crippen LogP contribution >= 0.6 is 0 Å². The first-order chi connectivity index (χ1) is 14.1. The largest absolute Gasteiger partial charge is 0.341 e. The molecule has 3 heterocycles. The molecule has 0 fully saturated rings. The summed E-state index contributed by atoms with van der Waals surface area (Å²) in [4.78, 5) is 20.0. The molecule has 0 aliphatic carbocycles. The second-order valence-corrected chi connectivity index (χ2v) is 6.40. The van der Waals surface area contributed by atoms with Crippen molar-refractivity contribution in [2.24, 2.45) is 0 Å². The summed E-state index contributed by atoms with van der Waals surface area (Å²) in [5.74, 6) is 0.00660. The minimum atomic E-state index is -0.396. The summed E-state index contributed by atoms with van der Waals surface area (Å²) < 4.78 is 14.6. The summed E-state index contributed by atoms with van der Waals surface area (Å²) >= 11 is 0. The molecule has 4 aromatic rings. The van der Waals surface area contributed by atoms with Crippen molar-refractivity contribution in [1.82, 2.24) is 34.7 Å². The molecule has 0 radical (unpaired) electrons. The van der Waals surface area contributed by atoms with E-state index in [1.54, 1.807) is 53.4 Å². The van der Waals surface area contributed by atoms with E-state index in [2.05, 4.69) is 20.3 Å². The van der Waals surface area contributed by atoms with Crippen molar-refractivity contribution in [3.8, 4) is 11.5 Å². The van der Waals surface area contributed by atoms with Gasteiger partial charge in [-0.2, -0.15) is 20.1 Å². The summed E-state index contributed by atoms with van der Waals surface area (Å²) in [6.07, 6.45) is 6.61. The lowest BCUT2D eigenvalue weighted by molar-refractivity contribution is 0.0796. The second-order valence-electron chi connectivity index (χ2n) is 6.40. The molecule has 1 aromatic carbocycles. The van der Waals surface area contributed by atoms with Gasteiger partial charge in [-0.1, -0.05) is 12.1 Å². The molecule has 4 rings (SSSR count). The van der Waals surface area contributed by atoms with Crippen LogP contribution in [-0.4, -0.2) is 54.2 Å². The second kappa shape index (κ2) is 8.01. The van der Waals surface area contributed by atoms with Crippen LogP contribution in [0, 0.1) is 5.82 Å². The fraction of sp³-hybridized carbons (Fsp3) is 0.150. The number of likely N-dealkylation sites (N-methyl/N-ethyl adjacent to an activating group) is 1. The van der Waals surface area contributed by atoms with Crippen LogP contribution in [0.5, 0.6) is 0 Å². The van der Waals surface area contributed by atoms with E-state index in [0.717, 1.165) is 11.9 Å². The van der Waals surface area contributed by atoms with Gasteiger partial charge >= 0.3 is 0 Å². The minimum Gasteiger partial charge on any atom is -0.341 e. The van der Waals surface area contributed by atoms with Crippen LogP contribution in [0.2, 0.25) is 0 Å². The number of carbonyl (C=O) groups excluding carboxylic acids is 1. The maximum Gasteiger partial charge on any atom is 0.255 e. The molecule has 29 heavy (non-hydrogen) atoms. The molecule has 0 saturated heterocycles. The van der Waals surface area contributed by atoms with Crippen LogP contribution in [-0.2, 0) is 6.42 Å². The average Bonchev–Trinajstić information content (AvgIpc) is 3.44. The maximum atomic E-state index is 13.0. The predicted molar refractivity (Wildman–Crippen MR) is 103 cm³/mol. The third-order valence-corrected chi connectivity index (χ3v) is 4.41. The summed E-state index contributed by atoms with van der Waals surface area (Å²) in [5, 5.41) is 12.7. The number of aromatic nitrogens is 6. The van der Waals surface area contributed by atoms with Crippen molar-refractivity contribution in [1.29, 1.82) is 0 Å². The van der Waals surface area contributed by atoms with Gasteiger partial charge in [0.05, 0.1) is 35.5 Å². The molecule has 8 nitrogen and oxygen atoms in total. The third kappa shape index (κ3) is 4.03. The summed E-state index contributed by atoms with van der Waals surface area (Å²) in [6, 6.07) is 12.0. The van der Waals surface area contributed by atoms with Gasteiger partial charge in [-0.3, -0.25) is 4.79 Å². The molecule has 9 heteroatoms. The Labute approximate surface area is 166 Å². The van der Waals surface area contributed by atoms with Crippen molar-refractivity contribution in [3.05, 3.63) is 84.3 Å². The quantitative estimate of drug-likeness (QED) is 0.504. The van der Waals surface area contributed by atoms with Crippen molar-refractivity contribution in [2.75, 3.05) is 13.6 Å². The number of amides is 1. The van der Waals surface area contributed by atoms with Crippen molar-refractivity contribution in [2.45, 2.75) is 6.42 Å². The molecule has 146 valence electrons. The van der Waals surface area contributed by atoms with Crippen LogP contribution in [0.15, 0.2) is 67.3 Å². The number of halogens is 1. The van der Waals surface area contributed by atoms with Gasteiger partial charge in [-0.25, -0.2) is 14.1 Å². The number of benzene rings is 1. The first-order valence-electron chi connectivity index (χ1n) is 8.99. The van der Waals surface area contributed by atoms with Gasteiger partial charge in [-0.15, -0.1) is 0 Å². The highest BCUT2D eigenvalue weighted by molar-refractivity contribution is 5.97. The molecule has 0 unspecified atom stereocenters. The van der Waals surface area contributed by atoms with Crippen LogP contribution in [0.3, 0.4) is 0 Å². The van der Waals surface area contributed by atoms with E-state index in [-0.39, 0.29) is 5.91 Å². The SMILES string of the molecule is CN(CCc1ccn(-c2ccc(F)cn2)n1)C(=O)c1ccccc1-n1nccn1. The zero-order valence-electron chi connectivity index (χ0n) is 15.7. The Morgan fingerprint density at radius 3 is 2.66 bits per heavy atom. The number of hydrogen-bond acceptors (Lipinski definition) is 5. The molecule has 1 amide bonds. The predicted octanol–water partition coefficient (Wildman–Crippen LogP) is 2.30. The zero-order chi connectivity index (χ0) is 20.2. The van der Waals surface area contributed by atoms with Gasteiger partial charge in [0.1, 0.15) is 5.82 Å². The molecular formula is C20H18FN7O. The number of para-hydroxylation sites is 1. The first kappa shape index (κ1) is 18.5. The highest BCUT2D eigenvalue weighted by atomic mass is 19.1. The topological polar surface area (TPSA) is 81.7 Å². The lowest BCUT2D eigenvalue weighted by Crippen LogP contribution is -2.30. The van der Waals surface area contributed by atoms with E-state index >= 15 is 0 Å². The molecule has 0 saturated carbocycles. The molecule has 0 atom stereocenters. The summed E-state index contributed by atoms with van der Waals surface area (Å²) in [7, 11) is 1.74. The average molecular weight is 391 g/mol. The highest BCUT2D eigenvalue weighted by Gasteiger charge is 2.17. The van der Waals surface area contributed by atoms with Gasteiger partial charge in [0.2, 0.25) is 0 Å². The Morgan fingerprint density at radius 1 is 1.10 bits per heavy atom. The van der Waals surface area contributed by atoms with Crippen molar-refractivity contribution >= 4 is 5.91 Å². The van der Waals surface area contributed by atoms with Crippen LogP contribution in [0.4, 0.5) is 4.39 Å². The molecule has 3 aromatic heterocycles. The fourth-order valence-electron chi connectivity index (χ4n) is 2.88. The number of pyridine rings is 1. The molecule has 0 aliphatic heterocycles. The van der Waals surface area contributed by atoms with Crippen molar-refractivity contribution < 1.29 is 9.18 Å². The molecular weight excluding hydrogens is 373 g/mol. The molecule has 0 aliphatic rings. The molecule has 0 bridgehead atoms. The number of rotatable bonds is 6. The Kier molecular flexibility index (Phi) is 5.10. The van der Waals surface area contributed by atoms with E-state index in [1.807, 2.05) is 18.2 Å². The zero-order valence-corrected chi connectivity index (χ0v) is 15.7.